The monoisotopic (exact) mass is 260 g/mol. The summed E-state index contributed by atoms with van der Waals surface area (Å²) in [6, 6.07) is 6.39. The average Bonchev–Trinajstić information content (AvgIpc) is 2.38. The van der Waals surface area contributed by atoms with E-state index in [2.05, 4.69) is 42.4 Å². The van der Waals surface area contributed by atoms with Gasteiger partial charge >= 0.3 is 0 Å². The van der Waals surface area contributed by atoms with Crippen LogP contribution in [0.2, 0.25) is 0 Å². The number of hydrogen-bond acceptors (Lipinski definition) is 3. The van der Waals surface area contributed by atoms with Gasteiger partial charge in [-0.25, -0.2) is 0 Å². The van der Waals surface area contributed by atoms with Crippen molar-refractivity contribution in [1.82, 2.24) is 4.90 Å². The Morgan fingerprint density at radius 1 is 1.32 bits per heavy atom. The minimum absolute atomic E-state index is 0.0421. The molecule has 1 saturated heterocycles. The molecule has 0 saturated carbocycles. The minimum Gasteiger partial charge on any atom is -0.486 e. The number of piperidine rings is 1. The lowest BCUT2D eigenvalue weighted by atomic mass is 9.94. The highest BCUT2D eigenvalue weighted by Crippen LogP contribution is 2.34. The van der Waals surface area contributed by atoms with Gasteiger partial charge in [-0.2, -0.15) is 0 Å². The molecule has 2 aliphatic rings. The van der Waals surface area contributed by atoms with Crippen LogP contribution in [0.25, 0.3) is 0 Å². The second-order valence-corrected chi connectivity index (χ2v) is 6.21. The summed E-state index contributed by atoms with van der Waals surface area (Å²) in [5.74, 6) is 1.09. The summed E-state index contributed by atoms with van der Waals surface area (Å²) >= 11 is 0. The van der Waals surface area contributed by atoms with Gasteiger partial charge in [-0.3, -0.25) is 0 Å². The van der Waals surface area contributed by atoms with Gasteiger partial charge in [-0.1, -0.05) is 6.07 Å². The lowest BCUT2D eigenvalue weighted by Gasteiger charge is -2.39. The minimum atomic E-state index is -0.0421. The van der Waals surface area contributed by atoms with Gasteiger partial charge in [0, 0.05) is 24.3 Å². The molecule has 104 valence electrons. The van der Waals surface area contributed by atoms with Crippen molar-refractivity contribution < 1.29 is 4.74 Å². The summed E-state index contributed by atoms with van der Waals surface area (Å²) in [7, 11) is 2.18. The third-order valence-electron chi connectivity index (χ3n) is 4.26. The Morgan fingerprint density at radius 3 is 3.05 bits per heavy atom. The van der Waals surface area contributed by atoms with Gasteiger partial charge in [-0.15, -0.1) is 0 Å². The molecule has 0 aliphatic carbocycles. The standard InChI is InChI=1S/C16H24N2O/c1-16(9-5-11-18(2)12-16)19-15-8-3-7-14-13(15)6-4-10-17-14/h3,7-8,17H,4-6,9-12H2,1-2H3. The molecule has 1 aromatic carbocycles. The number of anilines is 1. The van der Waals surface area contributed by atoms with Crippen LogP contribution in [0.15, 0.2) is 18.2 Å². The van der Waals surface area contributed by atoms with E-state index in [0.29, 0.717) is 0 Å². The Kier molecular flexibility index (Phi) is 3.40. The number of likely N-dealkylation sites (N-methyl/N-ethyl adjacent to an activating group) is 1. The molecule has 0 aromatic heterocycles. The molecule has 2 heterocycles. The zero-order valence-corrected chi connectivity index (χ0v) is 12.0. The quantitative estimate of drug-likeness (QED) is 0.885. The third-order valence-corrected chi connectivity index (χ3v) is 4.26. The highest BCUT2D eigenvalue weighted by Gasteiger charge is 2.32. The first-order chi connectivity index (χ1) is 9.16. The zero-order valence-electron chi connectivity index (χ0n) is 12.0. The van der Waals surface area contributed by atoms with Crippen molar-refractivity contribution in [2.24, 2.45) is 0 Å². The Labute approximate surface area is 115 Å². The molecule has 1 fully saturated rings. The summed E-state index contributed by atoms with van der Waals surface area (Å²) in [6.45, 7) is 5.53. The molecule has 0 spiro atoms. The number of benzene rings is 1. The number of fused-ring (bicyclic) bond motifs is 1. The van der Waals surface area contributed by atoms with E-state index in [0.717, 1.165) is 31.7 Å². The van der Waals surface area contributed by atoms with Crippen molar-refractivity contribution in [2.75, 3.05) is 32.0 Å². The largest absolute Gasteiger partial charge is 0.486 e. The molecule has 1 unspecified atom stereocenters. The van der Waals surface area contributed by atoms with Crippen molar-refractivity contribution in [1.29, 1.82) is 0 Å². The molecule has 1 N–H and O–H groups in total. The molecule has 0 amide bonds. The zero-order chi connectivity index (χ0) is 13.3. The average molecular weight is 260 g/mol. The first-order valence-corrected chi connectivity index (χ1v) is 7.40. The molecule has 2 aliphatic heterocycles. The van der Waals surface area contributed by atoms with E-state index in [4.69, 9.17) is 4.74 Å². The van der Waals surface area contributed by atoms with Crippen LogP contribution in [0.3, 0.4) is 0 Å². The van der Waals surface area contributed by atoms with Crippen LogP contribution in [0.4, 0.5) is 5.69 Å². The Bertz CT molecular complexity index is 460. The van der Waals surface area contributed by atoms with E-state index < -0.39 is 0 Å². The molecular formula is C16H24N2O. The van der Waals surface area contributed by atoms with Crippen molar-refractivity contribution >= 4 is 5.69 Å². The number of likely N-dealkylation sites (tertiary alicyclic amines) is 1. The predicted octanol–water partition coefficient (Wildman–Crippen LogP) is 2.91. The fourth-order valence-electron chi connectivity index (χ4n) is 3.37. The number of hydrogen-bond donors (Lipinski definition) is 1. The van der Waals surface area contributed by atoms with Crippen LogP contribution < -0.4 is 10.1 Å². The van der Waals surface area contributed by atoms with Crippen molar-refractivity contribution in [2.45, 2.75) is 38.2 Å². The summed E-state index contributed by atoms with van der Waals surface area (Å²) in [5.41, 5.74) is 2.58. The highest BCUT2D eigenvalue weighted by molar-refractivity contribution is 5.59. The topological polar surface area (TPSA) is 24.5 Å². The highest BCUT2D eigenvalue weighted by atomic mass is 16.5. The van der Waals surface area contributed by atoms with Gasteiger partial charge in [0.2, 0.25) is 0 Å². The summed E-state index contributed by atoms with van der Waals surface area (Å²) in [6.07, 6.45) is 4.70. The maximum atomic E-state index is 6.43. The second kappa shape index (κ2) is 5.04. The van der Waals surface area contributed by atoms with Gasteiger partial charge in [0.1, 0.15) is 11.4 Å². The number of nitrogens with one attached hydrogen (secondary N) is 1. The lowest BCUT2D eigenvalue weighted by molar-refractivity contribution is 0.0149. The Balaban J connectivity index is 1.83. The maximum Gasteiger partial charge on any atom is 0.125 e. The molecule has 0 bridgehead atoms. The van der Waals surface area contributed by atoms with E-state index in [9.17, 15) is 0 Å². The molecule has 1 atom stereocenters. The van der Waals surface area contributed by atoms with E-state index in [-0.39, 0.29) is 5.60 Å². The Hall–Kier alpha value is -1.22. The maximum absolute atomic E-state index is 6.43. The van der Waals surface area contributed by atoms with Crippen LogP contribution in [0.1, 0.15) is 31.7 Å². The van der Waals surface area contributed by atoms with Crippen molar-refractivity contribution in [3.05, 3.63) is 23.8 Å². The lowest BCUT2D eigenvalue weighted by Crippen LogP contribution is -2.48. The summed E-state index contributed by atoms with van der Waals surface area (Å²) in [5, 5.41) is 3.47. The van der Waals surface area contributed by atoms with Crippen molar-refractivity contribution in [3.8, 4) is 5.75 Å². The molecule has 0 radical (unpaired) electrons. The summed E-state index contributed by atoms with van der Waals surface area (Å²) < 4.78 is 6.43. The van der Waals surface area contributed by atoms with E-state index in [1.54, 1.807) is 0 Å². The number of rotatable bonds is 2. The number of nitrogens with zero attached hydrogens (tertiary/aromatic N) is 1. The van der Waals surface area contributed by atoms with E-state index in [1.165, 1.54) is 30.6 Å². The first kappa shape index (κ1) is 12.8. The van der Waals surface area contributed by atoms with Crippen LogP contribution in [0, 0.1) is 0 Å². The molecule has 19 heavy (non-hydrogen) atoms. The van der Waals surface area contributed by atoms with Crippen LogP contribution in [-0.2, 0) is 6.42 Å². The predicted molar refractivity (Wildman–Crippen MR) is 79.0 cm³/mol. The molecule has 3 nitrogen and oxygen atoms in total. The normalized spacial score (nSPS) is 27.5. The van der Waals surface area contributed by atoms with Crippen LogP contribution in [0.5, 0.6) is 5.75 Å². The van der Waals surface area contributed by atoms with Gasteiger partial charge in [-0.05, 0) is 58.3 Å². The summed E-state index contributed by atoms with van der Waals surface area (Å²) in [4.78, 5) is 2.37. The number of ether oxygens (including phenoxy) is 1. The molecule has 1 aromatic rings. The SMILES string of the molecule is CN1CCCC(C)(Oc2cccc3c2CCCN3)C1. The van der Waals surface area contributed by atoms with Gasteiger partial charge in [0.15, 0.2) is 0 Å². The Morgan fingerprint density at radius 2 is 2.21 bits per heavy atom. The van der Waals surface area contributed by atoms with Gasteiger partial charge in [0.25, 0.3) is 0 Å². The molecule has 3 rings (SSSR count). The van der Waals surface area contributed by atoms with Crippen molar-refractivity contribution in [3.63, 3.8) is 0 Å². The molecular weight excluding hydrogens is 236 g/mol. The van der Waals surface area contributed by atoms with Gasteiger partial charge in [0.05, 0.1) is 0 Å². The van der Waals surface area contributed by atoms with Crippen LogP contribution in [-0.4, -0.2) is 37.2 Å². The third kappa shape index (κ3) is 2.71. The van der Waals surface area contributed by atoms with Gasteiger partial charge < -0.3 is 15.0 Å². The van der Waals surface area contributed by atoms with E-state index in [1.807, 2.05) is 0 Å². The fourth-order valence-corrected chi connectivity index (χ4v) is 3.37. The first-order valence-electron chi connectivity index (χ1n) is 7.40. The second-order valence-electron chi connectivity index (χ2n) is 6.21. The van der Waals surface area contributed by atoms with Crippen LogP contribution >= 0.6 is 0 Å². The smallest absolute Gasteiger partial charge is 0.125 e. The fraction of sp³-hybridized carbons (Fsp3) is 0.625. The molecule has 3 heteroatoms. The van der Waals surface area contributed by atoms with E-state index >= 15 is 0 Å².